The van der Waals surface area contributed by atoms with Crippen LogP contribution in [-0.4, -0.2) is 19.4 Å². The van der Waals surface area contributed by atoms with Gasteiger partial charge in [-0.15, -0.1) is 0 Å². The Hall–Kier alpha value is -2.55. The topological polar surface area (TPSA) is 35.5 Å². The van der Waals surface area contributed by atoms with Gasteiger partial charge in [-0.3, -0.25) is 0 Å². The molecular formula is C23H22O3. The van der Waals surface area contributed by atoms with Crippen LogP contribution in [0.4, 0.5) is 4.79 Å². The van der Waals surface area contributed by atoms with E-state index in [4.69, 9.17) is 9.47 Å². The second-order valence-electron chi connectivity index (χ2n) is 7.64. The Morgan fingerprint density at radius 2 is 1.50 bits per heavy atom. The number of carbonyl (C=O) groups is 1. The first-order chi connectivity index (χ1) is 12.8. The Kier molecular flexibility index (Phi) is 3.81. The molecule has 3 nitrogen and oxygen atoms in total. The second-order valence-corrected chi connectivity index (χ2v) is 7.64. The molecule has 3 heteroatoms. The van der Waals surface area contributed by atoms with Crippen LogP contribution < -0.4 is 0 Å². The summed E-state index contributed by atoms with van der Waals surface area (Å²) in [4.78, 5) is 12.1. The van der Waals surface area contributed by atoms with Crippen molar-refractivity contribution in [1.82, 2.24) is 0 Å². The van der Waals surface area contributed by atoms with E-state index in [9.17, 15) is 4.79 Å². The standard InChI is InChI=1S/C23H22O3/c24-23(25-13-17-12-15-9-10-16(17)11-15)26-14-22-20-7-3-1-5-18(20)19-6-2-4-8-21(19)22/h1-10,15-17,22H,11-14H2. The maximum Gasteiger partial charge on any atom is 0.508 e. The van der Waals surface area contributed by atoms with Crippen molar-refractivity contribution in [3.05, 3.63) is 71.8 Å². The number of carbonyl (C=O) groups excluding carboxylic acids is 1. The van der Waals surface area contributed by atoms with Crippen molar-refractivity contribution in [1.29, 1.82) is 0 Å². The van der Waals surface area contributed by atoms with Gasteiger partial charge in [-0.1, -0.05) is 60.7 Å². The van der Waals surface area contributed by atoms with E-state index in [2.05, 4.69) is 48.6 Å². The van der Waals surface area contributed by atoms with Gasteiger partial charge in [0.1, 0.15) is 6.61 Å². The van der Waals surface area contributed by atoms with E-state index in [0.717, 1.165) is 6.42 Å². The van der Waals surface area contributed by atoms with Gasteiger partial charge in [-0.05, 0) is 46.9 Å². The molecule has 0 saturated heterocycles. The van der Waals surface area contributed by atoms with Crippen LogP contribution in [0.15, 0.2) is 60.7 Å². The maximum absolute atomic E-state index is 12.1. The number of rotatable bonds is 4. The molecular weight excluding hydrogens is 324 g/mol. The molecule has 1 fully saturated rings. The lowest BCUT2D eigenvalue weighted by molar-refractivity contribution is 0.0398. The van der Waals surface area contributed by atoms with Crippen molar-refractivity contribution in [3.8, 4) is 11.1 Å². The molecule has 0 aliphatic heterocycles. The van der Waals surface area contributed by atoms with Crippen LogP contribution in [-0.2, 0) is 9.47 Å². The molecule has 2 aromatic rings. The van der Waals surface area contributed by atoms with Gasteiger partial charge in [-0.25, -0.2) is 4.79 Å². The van der Waals surface area contributed by atoms with Crippen molar-refractivity contribution < 1.29 is 14.3 Å². The van der Waals surface area contributed by atoms with E-state index in [1.807, 2.05) is 12.1 Å². The first kappa shape index (κ1) is 15.7. The van der Waals surface area contributed by atoms with Gasteiger partial charge in [0.2, 0.25) is 0 Å². The van der Waals surface area contributed by atoms with E-state index in [1.54, 1.807) is 0 Å². The van der Waals surface area contributed by atoms with Crippen molar-refractivity contribution >= 4 is 6.16 Å². The zero-order valence-electron chi connectivity index (χ0n) is 14.6. The summed E-state index contributed by atoms with van der Waals surface area (Å²) in [7, 11) is 0. The van der Waals surface area contributed by atoms with E-state index in [0.29, 0.717) is 31.0 Å². The first-order valence-electron chi connectivity index (χ1n) is 9.45. The monoisotopic (exact) mass is 346 g/mol. The lowest BCUT2D eigenvalue weighted by atomic mass is 9.95. The van der Waals surface area contributed by atoms with Crippen molar-refractivity contribution in [3.63, 3.8) is 0 Å². The highest BCUT2D eigenvalue weighted by Gasteiger charge is 2.36. The molecule has 0 N–H and O–H groups in total. The minimum Gasteiger partial charge on any atom is -0.434 e. The van der Waals surface area contributed by atoms with Crippen LogP contribution in [0.2, 0.25) is 0 Å². The molecule has 0 radical (unpaired) electrons. The number of fused-ring (bicyclic) bond motifs is 5. The molecule has 2 bridgehead atoms. The van der Waals surface area contributed by atoms with Crippen molar-refractivity contribution in [2.24, 2.45) is 17.8 Å². The van der Waals surface area contributed by atoms with Crippen LogP contribution in [0.3, 0.4) is 0 Å². The Morgan fingerprint density at radius 3 is 2.12 bits per heavy atom. The number of ether oxygens (including phenoxy) is 2. The van der Waals surface area contributed by atoms with Gasteiger partial charge < -0.3 is 9.47 Å². The quantitative estimate of drug-likeness (QED) is 0.566. The highest BCUT2D eigenvalue weighted by Crippen LogP contribution is 2.45. The fraction of sp³-hybridized carbons (Fsp3) is 0.348. The van der Waals surface area contributed by atoms with Crippen LogP contribution in [0.5, 0.6) is 0 Å². The predicted octanol–water partition coefficient (Wildman–Crippen LogP) is 5.16. The highest BCUT2D eigenvalue weighted by atomic mass is 16.7. The van der Waals surface area contributed by atoms with Gasteiger partial charge in [0.05, 0.1) is 6.61 Å². The van der Waals surface area contributed by atoms with Crippen molar-refractivity contribution in [2.45, 2.75) is 18.8 Å². The Balaban J connectivity index is 1.23. The van der Waals surface area contributed by atoms with Crippen LogP contribution in [0.1, 0.15) is 29.9 Å². The summed E-state index contributed by atoms with van der Waals surface area (Å²) in [6.45, 7) is 0.797. The molecule has 132 valence electrons. The Labute approximate surface area is 153 Å². The summed E-state index contributed by atoms with van der Waals surface area (Å²) in [5.41, 5.74) is 4.91. The highest BCUT2D eigenvalue weighted by molar-refractivity contribution is 5.78. The number of hydrogen-bond acceptors (Lipinski definition) is 3. The summed E-state index contributed by atoms with van der Waals surface area (Å²) in [5, 5.41) is 0. The fourth-order valence-electron chi connectivity index (χ4n) is 4.89. The third-order valence-electron chi connectivity index (χ3n) is 6.16. The summed E-state index contributed by atoms with van der Waals surface area (Å²) < 4.78 is 10.9. The molecule has 0 spiro atoms. The number of benzene rings is 2. The molecule has 0 amide bonds. The van der Waals surface area contributed by atoms with Crippen LogP contribution in [0.25, 0.3) is 11.1 Å². The predicted molar refractivity (Wildman–Crippen MR) is 99.9 cm³/mol. The lowest BCUT2D eigenvalue weighted by Crippen LogP contribution is -2.20. The fourth-order valence-corrected chi connectivity index (χ4v) is 4.89. The third kappa shape index (κ3) is 2.63. The largest absolute Gasteiger partial charge is 0.508 e. The SMILES string of the molecule is O=C(OCC1c2ccccc2-c2ccccc21)OCC1CC2C=CC1C2. The van der Waals surface area contributed by atoms with Gasteiger partial charge in [0.15, 0.2) is 0 Å². The normalized spacial score (nSPS) is 25.2. The summed E-state index contributed by atoms with van der Waals surface area (Å²) in [6, 6.07) is 16.7. The third-order valence-corrected chi connectivity index (χ3v) is 6.16. The molecule has 3 aliphatic carbocycles. The molecule has 3 aliphatic rings. The van der Waals surface area contributed by atoms with Gasteiger partial charge >= 0.3 is 6.16 Å². The zero-order valence-corrected chi connectivity index (χ0v) is 14.6. The smallest absolute Gasteiger partial charge is 0.434 e. The van der Waals surface area contributed by atoms with Crippen LogP contribution >= 0.6 is 0 Å². The Bertz CT molecular complexity index is 824. The van der Waals surface area contributed by atoms with Gasteiger partial charge in [0, 0.05) is 11.8 Å². The first-order valence-corrected chi connectivity index (χ1v) is 9.45. The van der Waals surface area contributed by atoms with E-state index >= 15 is 0 Å². The van der Waals surface area contributed by atoms with Crippen LogP contribution in [0, 0.1) is 17.8 Å². The second kappa shape index (κ2) is 6.31. The summed E-state index contributed by atoms with van der Waals surface area (Å²) >= 11 is 0. The molecule has 1 saturated carbocycles. The van der Waals surface area contributed by atoms with Gasteiger partial charge in [0.25, 0.3) is 0 Å². The summed E-state index contributed by atoms with van der Waals surface area (Å²) in [6.07, 6.45) is 6.39. The molecule has 0 heterocycles. The minimum atomic E-state index is -0.543. The molecule has 3 unspecified atom stereocenters. The molecule has 3 atom stereocenters. The minimum absolute atomic E-state index is 0.0837. The molecule has 5 rings (SSSR count). The molecule has 2 aromatic carbocycles. The molecule has 26 heavy (non-hydrogen) atoms. The van der Waals surface area contributed by atoms with E-state index in [-0.39, 0.29) is 5.92 Å². The number of allylic oxidation sites excluding steroid dienone is 2. The average Bonchev–Trinajstić information content (AvgIpc) is 3.38. The zero-order chi connectivity index (χ0) is 17.5. The van der Waals surface area contributed by atoms with E-state index < -0.39 is 6.16 Å². The number of hydrogen-bond donors (Lipinski definition) is 0. The molecule has 0 aromatic heterocycles. The Morgan fingerprint density at radius 1 is 0.846 bits per heavy atom. The van der Waals surface area contributed by atoms with E-state index in [1.165, 1.54) is 28.7 Å². The van der Waals surface area contributed by atoms with Crippen molar-refractivity contribution in [2.75, 3.05) is 13.2 Å². The maximum atomic E-state index is 12.1. The average molecular weight is 346 g/mol. The van der Waals surface area contributed by atoms with Gasteiger partial charge in [-0.2, -0.15) is 0 Å². The lowest BCUT2D eigenvalue weighted by Gasteiger charge is -2.18. The summed E-state index contributed by atoms with van der Waals surface area (Å²) in [5.74, 6) is 1.82.